The fourth-order valence-corrected chi connectivity index (χ4v) is 3.81. The number of aromatic nitrogens is 3. The third-order valence-electron chi connectivity index (χ3n) is 5.48. The Bertz CT molecular complexity index is 1320. The summed E-state index contributed by atoms with van der Waals surface area (Å²) in [6.45, 7) is 1.51. The van der Waals surface area contributed by atoms with Crippen molar-refractivity contribution in [3.05, 3.63) is 46.9 Å². The van der Waals surface area contributed by atoms with Gasteiger partial charge in [-0.2, -0.15) is 0 Å². The number of ether oxygens (including phenoxy) is 3. The Morgan fingerprint density at radius 1 is 1.21 bits per heavy atom. The van der Waals surface area contributed by atoms with Crippen molar-refractivity contribution >= 4 is 34.7 Å². The zero-order valence-electron chi connectivity index (χ0n) is 18.3. The van der Waals surface area contributed by atoms with Gasteiger partial charge in [0.05, 0.1) is 12.1 Å². The van der Waals surface area contributed by atoms with E-state index in [-0.39, 0.29) is 30.0 Å². The van der Waals surface area contributed by atoms with Crippen LogP contribution in [0.4, 0.5) is 16.4 Å². The van der Waals surface area contributed by atoms with Crippen LogP contribution in [0.5, 0.6) is 11.5 Å². The molecule has 0 aliphatic carbocycles. The average Bonchev–Trinajstić information content (AvgIpc) is 3.21. The van der Waals surface area contributed by atoms with Crippen LogP contribution in [-0.4, -0.2) is 65.5 Å². The quantitative estimate of drug-likeness (QED) is 0.481. The van der Waals surface area contributed by atoms with Gasteiger partial charge >= 0.3 is 6.09 Å². The standard InChI is InChI=1S/C22H22N6O6/c1-27-19(30)5-2-14-20(27)15(6-7-24-14)32-9-8-23-10-13-11-28(22(31)34-13)17-4-3-16-21(25-17)26-18(29)12-33-16/h2-7,13,23H,8-12H2,1H3,(H,25,26,29)/t13-/m0/s1. The normalized spacial score (nSPS) is 17.2. The molecule has 0 aromatic carbocycles. The molecule has 2 aliphatic heterocycles. The van der Waals surface area contributed by atoms with Gasteiger partial charge in [0.15, 0.2) is 18.2 Å². The maximum Gasteiger partial charge on any atom is 0.416 e. The highest BCUT2D eigenvalue weighted by Gasteiger charge is 2.33. The highest BCUT2D eigenvalue weighted by molar-refractivity contribution is 5.95. The van der Waals surface area contributed by atoms with E-state index in [0.29, 0.717) is 54.6 Å². The number of fused-ring (bicyclic) bond motifs is 2. The molecule has 2 amide bonds. The van der Waals surface area contributed by atoms with Crippen molar-refractivity contribution in [1.29, 1.82) is 0 Å². The van der Waals surface area contributed by atoms with Gasteiger partial charge in [-0.1, -0.05) is 0 Å². The topological polar surface area (TPSA) is 137 Å². The average molecular weight is 466 g/mol. The molecule has 5 rings (SSSR count). The van der Waals surface area contributed by atoms with Gasteiger partial charge in [-0.3, -0.25) is 19.5 Å². The minimum absolute atomic E-state index is 0.0627. The van der Waals surface area contributed by atoms with Crippen LogP contribution in [0, 0.1) is 0 Å². The largest absolute Gasteiger partial charge is 0.490 e. The van der Waals surface area contributed by atoms with Gasteiger partial charge in [-0.25, -0.2) is 9.78 Å². The van der Waals surface area contributed by atoms with Gasteiger partial charge in [0, 0.05) is 38.5 Å². The molecule has 1 atom stereocenters. The lowest BCUT2D eigenvalue weighted by Crippen LogP contribution is -2.33. The number of carbonyl (C=O) groups excluding carboxylic acids is 2. The Morgan fingerprint density at radius 3 is 2.97 bits per heavy atom. The van der Waals surface area contributed by atoms with Crippen LogP contribution in [0.1, 0.15) is 0 Å². The van der Waals surface area contributed by atoms with E-state index in [0.717, 1.165) is 0 Å². The summed E-state index contributed by atoms with van der Waals surface area (Å²) in [7, 11) is 1.68. The van der Waals surface area contributed by atoms with Crippen LogP contribution < -0.4 is 30.6 Å². The van der Waals surface area contributed by atoms with E-state index in [1.807, 2.05) is 0 Å². The minimum Gasteiger partial charge on any atom is -0.490 e. The van der Waals surface area contributed by atoms with Gasteiger partial charge in [0.1, 0.15) is 29.8 Å². The van der Waals surface area contributed by atoms with Crippen LogP contribution in [0.25, 0.3) is 11.0 Å². The van der Waals surface area contributed by atoms with Crippen molar-refractivity contribution in [2.45, 2.75) is 6.10 Å². The minimum atomic E-state index is -0.511. The molecule has 12 nitrogen and oxygen atoms in total. The van der Waals surface area contributed by atoms with Crippen molar-refractivity contribution in [2.24, 2.45) is 7.05 Å². The first-order valence-corrected chi connectivity index (χ1v) is 10.7. The second-order valence-corrected chi connectivity index (χ2v) is 7.80. The molecule has 3 aromatic heterocycles. The van der Waals surface area contributed by atoms with Crippen molar-refractivity contribution in [1.82, 2.24) is 19.9 Å². The zero-order chi connectivity index (χ0) is 23.7. The van der Waals surface area contributed by atoms with Crippen molar-refractivity contribution in [3.63, 3.8) is 0 Å². The molecule has 0 radical (unpaired) electrons. The van der Waals surface area contributed by atoms with Gasteiger partial charge in [0.2, 0.25) is 0 Å². The van der Waals surface area contributed by atoms with Gasteiger partial charge in [-0.15, -0.1) is 0 Å². The first-order chi connectivity index (χ1) is 16.5. The van der Waals surface area contributed by atoms with Crippen molar-refractivity contribution in [3.8, 4) is 11.5 Å². The smallest absolute Gasteiger partial charge is 0.416 e. The second kappa shape index (κ2) is 8.98. The third-order valence-corrected chi connectivity index (χ3v) is 5.48. The maximum atomic E-state index is 12.3. The molecule has 0 bridgehead atoms. The number of rotatable bonds is 7. The fourth-order valence-electron chi connectivity index (χ4n) is 3.81. The molecule has 1 saturated heterocycles. The van der Waals surface area contributed by atoms with E-state index in [2.05, 4.69) is 20.6 Å². The number of anilines is 2. The summed E-state index contributed by atoms with van der Waals surface area (Å²) in [5.41, 5.74) is 1.17. The maximum absolute atomic E-state index is 12.3. The lowest BCUT2D eigenvalue weighted by Gasteiger charge is -2.19. The number of hydrogen-bond donors (Lipinski definition) is 2. The van der Waals surface area contributed by atoms with E-state index in [4.69, 9.17) is 14.2 Å². The highest BCUT2D eigenvalue weighted by atomic mass is 16.6. The summed E-state index contributed by atoms with van der Waals surface area (Å²) in [5.74, 6) is 1.38. The van der Waals surface area contributed by atoms with Crippen LogP contribution in [0.15, 0.2) is 41.3 Å². The van der Waals surface area contributed by atoms with E-state index in [9.17, 15) is 14.4 Å². The second-order valence-electron chi connectivity index (χ2n) is 7.80. The van der Waals surface area contributed by atoms with Crippen LogP contribution in [0.2, 0.25) is 0 Å². The van der Waals surface area contributed by atoms with Crippen LogP contribution in [-0.2, 0) is 16.6 Å². The molecular formula is C22H22N6O6. The summed E-state index contributed by atoms with van der Waals surface area (Å²) >= 11 is 0. The summed E-state index contributed by atoms with van der Waals surface area (Å²) in [6.07, 6.45) is 0.746. The number of amides is 2. The molecule has 12 heteroatoms. The third kappa shape index (κ3) is 4.22. The number of nitrogens with one attached hydrogen (secondary N) is 2. The summed E-state index contributed by atoms with van der Waals surface area (Å²) in [5, 5.41) is 5.84. The van der Waals surface area contributed by atoms with Gasteiger partial charge < -0.3 is 29.4 Å². The molecule has 0 spiro atoms. The van der Waals surface area contributed by atoms with Crippen LogP contribution >= 0.6 is 0 Å². The number of carbonyl (C=O) groups is 2. The number of nitrogens with zero attached hydrogens (tertiary/aromatic N) is 4. The predicted octanol–water partition coefficient (Wildman–Crippen LogP) is 0.653. The van der Waals surface area contributed by atoms with Crippen molar-refractivity contribution in [2.75, 3.05) is 43.1 Å². The van der Waals surface area contributed by atoms with Crippen LogP contribution in [0.3, 0.4) is 0 Å². The zero-order valence-corrected chi connectivity index (χ0v) is 18.3. The predicted molar refractivity (Wildman–Crippen MR) is 121 cm³/mol. The van der Waals surface area contributed by atoms with E-state index in [1.54, 1.807) is 37.5 Å². The number of hydrogen-bond acceptors (Lipinski definition) is 9. The molecule has 5 heterocycles. The lowest BCUT2D eigenvalue weighted by molar-refractivity contribution is -0.118. The SMILES string of the molecule is Cn1c(=O)ccc2nccc(OCCNC[C@H]3CN(c4ccc5c(n4)NC(=O)CO5)C(=O)O3)c21. The highest BCUT2D eigenvalue weighted by Crippen LogP contribution is 2.30. The number of cyclic esters (lactones) is 1. The van der Waals surface area contributed by atoms with E-state index < -0.39 is 6.09 Å². The van der Waals surface area contributed by atoms with E-state index >= 15 is 0 Å². The van der Waals surface area contributed by atoms with Crippen molar-refractivity contribution < 1.29 is 23.8 Å². The molecule has 3 aromatic rings. The molecule has 0 saturated carbocycles. The molecular weight excluding hydrogens is 444 g/mol. The summed E-state index contributed by atoms with van der Waals surface area (Å²) in [6, 6.07) is 8.16. The molecule has 2 N–H and O–H groups in total. The Labute approximate surface area is 193 Å². The van der Waals surface area contributed by atoms with Gasteiger partial charge in [0.25, 0.3) is 11.5 Å². The Balaban J connectivity index is 1.14. The molecule has 1 fully saturated rings. The summed E-state index contributed by atoms with van der Waals surface area (Å²) < 4.78 is 18.1. The molecule has 176 valence electrons. The first kappa shape index (κ1) is 21.6. The fraction of sp³-hybridized carbons (Fsp3) is 0.318. The first-order valence-electron chi connectivity index (χ1n) is 10.7. The monoisotopic (exact) mass is 466 g/mol. The molecule has 2 aliphatic rings. The Kier molecular flexibility index (Phi) is 5.72. The number of aryl methyl sites for hydroxylation is 1. The number of pyridine rings is 3. The molecule has 34 heavy (non-hydrogen) atoms. The van der Waals surface area contributed by atoms with Gasteiger partial charge in [-0.05, 0) is 18.2 Å². The lowest BCUT2D eigenvalue weighted by atomic mass is 10.3. The Morgan fingerprint density at radius 2 is 2.09 bits per heavy atom. The Hall–Kier alpha value is -4.19. The van der Waals surface area contributed by atoms with E-state index in [1.165, 1.54) is 15.5 Å². The summed E-state index contributed by atoms with van der Waals surface area (Å²) in [4.78, 5) is 45.8. The molecule has 0 unspecified atom stereocenters.